The molecule has 3 rings (SSSR count). The van der Waals surface area contributed by atoms with Crippen LogP contribution in [0.5, 0.6) is 5.75 Å². The highest BCUT2D eigenvalue weighted by Gasteiger charge is 2.30. The van der Waals surface area contributed by atoms with Crippen molar-refractivity contribution in [2.24, 2.45) is 5.92 Å². The van der Waals surface area contributed by atoms with Crippen LogP contribution in [0.3, 0.4) is 0 Å². The minimum absolute atomic E-state index is 0.127. The van der Waals surface area contributed by atoms with Crippen LogP contribution in [0.2, 0.25) is 0 Å². The molecule has 1 aromatic carbocycles. The molecule has 0 N–H and O–H groups in total. The van der Waals surface area contributed by atoms with E-state index in [0.717, 1.165) is 29.2 Å². The number of hydrogen-bond acceptors (Lipinski definition) is 6. The van der Waals surface area contributed by atoms with Gasteiger partial charge in [0.1, 0.15) is 16.5 Å². The number of carbonyl (C=O) groups is 2. The summed E-state index contributed by atoms with van der Waals surface area (Å²) in [5.74, 6) is 0.222. The number of rotatable bonds is 6. The van der Waals surface area contributed by atoms with Crippen LogP contribution in [-0.4, -0.2) is 48.1 Å². The number of thiazole rings is 1. The van der Waals surface area contributed by atoms with E-state index in [1.165, 1.54) is 11.3 Å². The summed E-state index contributed by atoms with van der Waals surface area (Å²) >= 11 is 1.44. The molecule has 1 aliphatic rings. The van der Waals surface area contributed by atoms with Crippen LogP contribution in [0.15, 0.2) is 29.6 Å². The lowest BCUT2D eigenvalue weighted by molar-refractivity contribution is -0.149. The monoisotopic (exact) mass is 388 g/mol. The first-order valence-electron chi connectivity index (χ1n) is 9.27. The van der Waals surface area contributed by atoms with Crippen molar-refractivity contribution in [1.29, 1.82) is 0 Å². The summed E-state index contributed by atoms with van der Waals surface area (Å²) in [4.78, 5) is 31.0. The molecule has 0 aliphatic carbocycles. The maximum absolute atomic E-state index is 12.8. The first-order valence-corrected chi connectivity index (χ1v) is 10.1. The zero-order chi connectivity index (χ0) is 19.2. The summed E-state index contributed by atoms with van der Waals surface area (Å²) in [6.45, 7) is 5.76. The van der Waals surface area contributed by atoms with Gasteiger partial charge in [-0.25, -0.2) is 4.98 Å². The van der Waals surface area contributed by atoms with Crippen molar-refractivity contribution in [3.63, 3.8) is 0 Å². The number of carbonyl (C=O) groups excluding carboxylic acids is 2. The smallest absolute Gasteiger partial charge is 0.310 e. The highest BCUT2D eigenvalue weighted by molar-refractivity contribution is 7.13. The van der Waals surface area contributed by atoms with Crippen molar-refractivity contribution in [2.75, 3.05) is 26.3 Å². The Kier molecular flexibility index (Phi) is 6.45. The molecule has 2 heterocycles. The Morgan fingerprint density at radius 1 is 1.22 bits per heavy atom. The Hall–Kier alpha value is -2.41. The molecule has 1 atom stereocenters. The van der Waals surface area contributed by atoms with E-state index in [1.54, 1.807) is 17.2 Å². The van der Waals surface area contributed by atoms with Crippen LogP contribution in [0, 0.1) is 5.92 Å². The SMILES string of the molecule is CCOC(=O)C1CCCN(C(=O)c2csc(-c3ccc(OCC)cc3)n2)C1. The summed E-state index contributed by atoms with van der Waals surface area (Å²) in [6.07, 6.45) is 1.56. The minimum atomic E-state index is -0.244. The van der Waals surface area contributed by atoms with Gasteiger partial charge in [-0.1, -0.05) is 0 Å². The maximum atomic E-state index is 12.8. The van der Waals surface area contributed by atoms with E-state index in [0.29, 0.717) is 32.0 Å². The fraction of sp³-hybridized carbons (Fsp3) is 0.450. The summed E-state index contributed by atoms with van der Waals surface area (Å²) in [7, 11) is 0. The molecule has 7 heteroatoms. The van der Waals surface area contributed by atoms with Crippen LogP contribution >= 0.6 is 11.3 Å². The molecule has 1 aliphatic heterocycles. The van der Waals surface area contributed by atoms with Crippen molar-refractivity contribution in [2.45, 2.75) is 26.7 Å². The van der Waals surface area contributed by atoms with Gasteiger partial charge in [0.25, 0.3) is 5.91 Å². The third-order valence-corrected chi connectivity index (χ3v) is 5.36. The molecular formula is C20H24N2O4S. The molecule has 1 amide bonds. The van der Waals surface area contributed by atoms with Crippen molar-refractivity contribution in [3.05, 3.63) is 35.3 Å². The molecule has 27 heavy (non-hydrogen) atoms. The normalized spacial score (nSPS) is 16.8. The molecule has 0 spiro atoms. The van der Waals surface area contributed by atoms with Gasteiger partial charge in [-0.2, -0.15) is 0 Å². The van der Waals surface area contributed by atoms with E-state index >= 15 is 0 Å². The second-order valence-electron chi connectivity index (χ2n) is 6.34. The topological polar surface area (TPSA) is 68.7 Å². The third kappa shape index (κ3) is 4.66. The van der Waals surface area contributed by atoms with E-state index in [-0.39, 0.29) is 17.8 Å². The van der Waals surface area contributed by atoms with Gasteiger partial charge in [0, 0.05) is 24.0 Å². The molecule has 0 radical (unpaired) electrons. The van der Waals surface area contributed by atoms with Gasteiger partial charge in [-0.15, -0.1) is 11.3 Å². The molecule has 1 fully saturated rings. The van der Waals surface area contributed by atoms with E-state index in [2.05, 4.69) is 4.98 Å². The lowest BCUT2D eigenvalue weighted by atomic mass is 9.98. The van der Waals surface area contributed by atoms with Gasteiger partial charge in [0.05, 0.1) is 19.1 Å². The second kappa shape index (κ2) is 8.99. The molecule has 6 nitrogen and oxygen atoms in total. The molecule has 0 saturated carbocycles. The molecular weight excluding hydrogens is 364 g/mol. The number of likely N-dealkylation sites (tertiary alicyclic amines) is 1. The standard InChI is InChI=1S/C20H24N2O4S/c1-3-25-16-9-7-14(8-10-16)18-21-17(13-27-18)19(23)22-11-5-6-15(12-22)20(24)26-4-2/h7-10,13,15H,3-6,11-12H2,1-2H3. The van der Waals surface area contributed by atoms with Gasteiger partial charge in [-0.05, 0) is 51.0 Å². The highest BCUT2D eigenvalue weighted by Crippen LogP contribution is 2.27. The fourth-order valence-electron chi connectivity index (χ4n) is 3.14. The second-order valence-corrected chi connectivity index (χ2v) is 7.20. The number of benzene rings is 1. The van der Waals surface area contributed by atoms with Crippen LogP contribution in [-0.2, 0) is 9.53 Å². The average Bonchev–Trinajstić information content (AvgIpc) is 3.19. The number of aromatic nitrogens is 1. The molecule has 2 aromatic rings. The minimum Gasteiger partial charge on any atom is -0.494 e. The Morgan fingerprint density at radius 3 is 2.70 bits per heavy atom. The van der Waals surface area contributed by atoms with Gasteiger partial charge < -0.3 is 14.4 Å². The number of esters is 1. The third-order valence-electron chi connectivity index (χ3n) is 4.46. The van der Waals surface area contributed by atoms with Gasteiger partial charge in [0.2, 0.25) is 0 Å². The molecule has 0 bridgehead atoms. The number of ether oxygens (including phenoxy) is 2. The predicted molar refractivity (Wildman–Crippen MR) is 104 cm³/mol. The molecule has 1 aromatic heterocycles. The van der Waals surface area contributed by atoms with Gasteiger partial charge in [0.15, 0.2) is 0 Å². The highest BCUT2D eigenvalue weighted by atomic mass is 32.1. The van der Waals surface area contributed by atoms with E-state index < -0.39 is 0 Å². The predicted octanol–water partition coefficient (Wildman–Crippen LogP) is 3.62. The average molecular weight is 388 g/mol. The Morgan fingerprint density at radius 2 is 2.00 bits per heavy atom. The van der Waals surface area contributed by atoms with Crippen LogP contribution in [0.4, 0.5) is 0 Å². The summed E-state index contributed by atoms with van der Waals surface area (Å²) in [5.41, 5.74) is 1.37. The lowest BCUT2D eigenvalue weighted by Gasteiger charge is -2.31. The largest absolute Gasteiger partial charge is 0.494 e. The maximum Gasteiger partial charge on any atom is 0.310 e. The van der Waals surface area contributed by atoms with Gasteiger partial charge >= 0.3 is 5.97 Å². The Balaban J connectivity index is 1.68. The Labute approximate surface area is 163 Å². The van der Waals surface area contributed by atoms with Crippen molar-refractivity contribution in [1.82, 2.24) is 9.88 Å². The number of hydrogen-bond donors (Lipinski definition) is 0. The molecule has 1 saturated heterocycles. The fourth-order valence-corrected chi connectivity index (χ4v) is 3.94. The van der Waals surface area contributed by atoms with Crippen molar-refractivity contribution < 1.29 is 19.1 Å². The quantitative estimate of drug-likeness (QED) is 0.707. The van der Waals surface area contributed by atoms with Gasteiger partial charge in [-0.3, -0.25) is 9.59 Å². The summed E-state index contributed by atoms with van der Waals surface area (Å²) in [5, 5.41) is 2.57. The van der Waals surface area contributed by atoms with E-state index in [9.17, 15) is 9.59 Å². The van der Waals surface area contributed by atoms with Crippen LogP contribution in [0.1, 0.15) is 37.2 Å². The number of nitrogens with zero attached hydrogens (tertiary/aromatic N) is 2. The van der Waals surface area contributed by atoms with Crippen LogP contribution in [0.25, 0.3) is 10.6 Å². The number of amides is 1. The Bertz CT molecular complexity index is 788. The van der Waals surface area contributed by atoms with Crippen molar-refractivity contribution >= 4 is 23.2 Å². The van der Waals surface area contributed by atoms with Crippen molar-refractivity contribution in [3.8, 4) is 16.3 Å². The summed E-state index contributed by atoms with van der Waals surface area (Å²) in [6, 6.07) is 7.68. The first-order chi connectivity index (χ1) is 13.1. The first kappa shape index (κ1) is 19.4. The molecule has 1 unspecified atom stereocenters. The van der Waals surface area contributed by atoms with E-state index in [4.69, 9.17) is 9.47 Å². The molecule has 144 valence electrons. The van der Waals surface area contributed by atoms with Crippen LogP contribution < -0.4 is 4.74 Å². The van der Waals surface area contributed by atoms with E-state index in [1.807, 2.05) is 31.2 Å². The summed E-state index contributed by atoms with van der Waals surface area (Å²) < 4.78 is 10.6. The lowest BCUT2D eigenvalue weighted by Crippen LogP contribution is -2.42. The zero-order valence-electron chi connectivity index (χ0n) is 15.6. The zero-order valence-corrected chi connectivity index (χ0v) is 16.5. The number of piperidine rings is 1.